The van der Waals surface area contributed by atoms with Crippen LogP contribution < -0.4 is 10.5 Å². The van der Waals surface area contributed by atoms with Crippen LogP contribution in [0.1, 0.15) is 16.8 Å². The molecule has 8 heteroatoms. The Morgan fingerprint density at radius 3 is 2.71 bits per heavy atom. The predicted octanol–water partition coefficient (Wildman–Crippen LogP) is 2.64. The smallest absolute Gasteiger partial charge is 0.254 e. The van der Waals surface area contributed by atoms with E-state index in [1.807, 2.05) is 42.6 Å². The van der Waals surface area contributed by atoms with Crippen molar-refractivity contribution in [2.24, 2.45) is 5.73 Å². The molecule has 0 saturated carbocycles. The number of aromatic nitrogens is 4. The van der Waals surface area contributed by atoms with Gasteiger partial charge in [0.2, 0.25) is 5.88 Å². The first-order chi connectivity index (χ1) is 15.1. The average molecular weight is 414 g/mol. The summed E-state index contributed by atoms with van der Waals surface area (Å²) >= 11 is 0. The second-order valence-corrected chi connectivity index (χ2v) is 7.59. The van der Waals surface area contributed by atoms with Crippen LogP contribution in [0, 0.1) is 0 Å². The summed E-state index contributed by atoms with van der Waals surface area (Å²) in [5.41, 5.74) is 10.3. The van der Waals surface area contributed by atoms with Crippen LogP contribution in [0.4, 0.5) is 0 Å². The van der Waals surface area contributed by atoms with Gasteiger partial charge in [-0.2, -0.15) is 5.10 Å². The van der Waals surface area contributed by atoms with Gasteiger partial charge in [-0.15, -0.1) is 0 Å². The maximum Gasteiger partial charge on any atom is 0.254 e. The molecule has 1 fully saturated rings. The van der Waals surface area contributed by atoms with Crippen LogP contribution in [-0.2, 0) is 0 Å². The lowest BCUT2D eigenvalue weighted by molar-refractivity contribution is 0.0790. The number of nitrogens with two attached hydrogens (primary N) is 1. The summed E-state index contributed by atoms with van der Waals surface area (Å²) < 4.78 is 7.08. The molecule has 156 valence electrons. The van der Waals surface area contributed by atoms with Crippen LogP contribution in [0.5, 0.6) is 5.88 Å². The number of hydrogen-bond acceptors (Lipinski definition) is 6. The van der Waals surface area contributed by atoms with Gasteiger partial charge in [-0.25, -0.2) is 14.5 Å². The van der Waals surface area contributed by atoms with Crippen molar-refractivity contribution in [2.45, 2.75) is 12.5 Å². The Kier molecular flexibility index (Phi) is 4.83. The molecule has 0 bridgehead atoms. The molecule has 4 aromatic rings. The van der Waals surface area contributed by atoms with E-state index in [2.05, 4.69) is 10.1 Å². The Morgan fingerprint density at radius 2 is 1.97 bits per heavy atom. The van der Waals surface area contributed by atoms with Crippen molar-refractivity contribution < 1.29 is 9.53 Å². The first-order valence-corrected chi connectivity index (χ1v) is 10.1. The molecular weight excluding hydrogens is 392 g/mol. The number of hydrogen-bond donors (Lipinski definition) is 1. The zero-order chi connectivity index (χ0) is 21.4. The van der Waals surface area contributed by atoms with E-state index < -0.39 is 0 Å². The third-order valence-electron chi connectivity index (χ3n) is 5.48. The second-order valence-electron chi connectivity index (χ2n) is 7.59. The molecule has 1 aromatic carbocycles. The molecule has 0 radical (unpaired) electrons. The van der Waals surface area contributed by atoms with E-state index in [1.165, 1.54) is 7.11 Å². The highest BCUT2D eigenvalue weighted by Gasteiger charge is 2.26. The number of carbonyl (C=O) groups is 1. The van der Waals surface area contributed by atoms with Crippen molar-refractivity contribution in [3.05, 3.63) is 66.5 Å². The van der Waals surface area contributed by atoms with E-state index in [4.69, 9.17) is 15.5 Å². The van der Waals surface area contributed by atoms with E-state index in [1.54, 1.807) is 27.7 Å². The zero-order valence-corrected chi connectivity index (χ0v) is 17.1. The Morgan fingerprint density at radius 1 is 1.13 bits per heavy atom. The molecule has 1 atom stereocenters. The standard InChI is InChI=1S/C23H22N6O2/c1-31-21-12-16(23(30)28-9-7-17(24)14-28)11-20(26-21)18-13-25-29-10-8-19(27-22(18)29)15-5-3-2-4-6-15/h2-6,8,10-13,17H,7,9,14,24H2,1H3/t17-/m0/s1. The molecule has 8 nitrogen and oxygen atoms in total. The molecule has 1 aliphatic heterocycles. The largest absolute Gasteiger partial charge is 0.481 e. The molecule has 2 N–H and O–H groups in total. The highest BCUT2D eigenvalue weighted by atomic mass is 16.5. The number of pyridine rings is 1. The minimum absolute atomic E-state index is 0.0207. The van der Waals surface area contributed by atoms with Crippen LogP contribution in [-0.4, -0.2) is 56.6 Å². The maximum absolute atomic E-state index is 13.0. The number of nitrogens with zero attached hydrogens (tertiary/aromatic N) is 5. The summed E-state index contributed by atoms with van der Waals surface area (Å²) in [6, 6.07) is 15.3. The summed E-state index contributed by atoms with van der Waals surface area (Å²) in [5, 5.41) is 4.41. The number of methoxy groups -OCH3 is 1. The number of rotatable bonds is 4. The first kappa shape index (κ1) is 19.2. The highest BCUT2D eigenvalue weighted by molar-refractivity contribution is 5.96. The normalized spacial score (nSPS) is 16.1. The van der Waals surface area contributed by atoms with Crippen molar-refractivity contribution in [2.75, 3.05) is 20.2 Å². The fraction of sp³-hybridized carbons (Fsp3) is 0.217. The SMILES string of the molecule is COc1cc(C(=O)N2CC[C@H](N)C2)cc(-c2cnn3ccc(-c4ccccc4)nc23)n1. The minimum Gasteiger partial charge on any atom is -0.481 e. The van der Waals surface area contributed by atoms with Crippen molar-refractivity contribution in [1.29, 1.82) is 0 Å². The van der Waals surface area contributed by atoms with Gasteiger partial charge in [-0.3, -0.25) is 4.79 Å². The fourth-order valence-electron chi connectivity index (χ4n) is 3.84. The van der Waals surface area contributed by atoms with E-state index in [0.29, 0.717) is 35.9 Å². The number of likely N-dealkylation sites (tertiary alicyclic amines) is 1. The average Bonchev–Trinajstić information content (AvgIpc) is 3.44. The van der Waals surface area contributed by atoms with Gasteiger partial charge in [0, 0.05) is 42.5 Å². The van der Waals surface area contributed by atoms with Crippen molar-refractivity contribution in [3.63, 3.8) is 0 Å². The van der Waals surface area contributed by atoms with Gasteiger partial charge in [0.05, 0.1) is 30.3 Å². The van der Waals surface area contributed by atoms with Crippen LogP contribution in [0.2, 0.25) is 0 Å². The Labute approximate surface area is 179 Å². The number of carbonyl (C=O) groups excluding carboxylic acids is 1. The molecule has 1 saturated heterocycles. The number of amides is 1. The second kappa shape index (κ2) is 7.81. The minimum atomic E-state index is -0.0793. The Bertz CT molecular complexity index is 1250. The van der Waals surface area contributed by atoms with Crippen molar-refractivity contribution >= 4 is 11.6 Å². The summed E-state index contributed by atoms with van der Waals surface area (Å²) in [4.78, 5) is 24.2. The summed E-state index contributed by atoms with van der Waals surface area (Å²) in [7, 11) is 1.54. The summed E-state index contributed by atoms with van der Waals surface area (Å²) in [6.45, 7) is 1.20. The molecular formula is C23H22N6O2. The molecule has 31 heavy (non-hydrogen) atoms. The third-order valence-corrected chi connectivity index (χ3v) is 5.48. The Hall–Kier alpha value is -3.78. The number of ether oxygens (including phenoxy) is 1. The van der Waals surface area contributed by atoms with Crippen molar-refractivity contribution in [3.8, 4) is 28.4 Å². The molecule has 0 aliphatic carbocycles. The van der Waals surface area contributed by atoms with Gasteiger partial charge in [-0.05, 0) is 18.6 Å². The fourth-order valence-corrected chi connectivity index (χ4v) is 3.84. The van der Waals surface area contributed by atoms with Gasteiger partial charge in [0.1, 0.15) is 0 Å². The quantitative estimate of drug-likeness (QED) is 0.551. The van der Waals surface area contributed by atoms with E-state index in [9.17, 15) is 4.79 Å². The Balaban J connectivity index is 1.58. The molecule has 4 heterocycles. The van der Waals surface area contributed by atoms with Gasteiger partial charge < -0.3 is 15.4 Å². The van der Waals surface area contributed by atoms with E-state index in [-0.39, 0.29) is 11.9 Å². The van der Waals surface area contributed by atoms with Crippen LogP contribution in [0.15, 0.2) is 60.9 Å². The predicted molar refractivity (Wildman–Crippen MR) is 117 cm³/mol. The van der Waals surface area contributed by atoms with E-state index >= 15 is 0 Å². The maximum atomic E-state index is 13.0. The van der Waals surface area contributed by atoms with E-state index in [0.717, 1.165) is 23.2 Å². The van der Waals surface area contributed by atoms with Gasteiger partial charge in [0.25, 0.3) is 5.91 Å². The number of benzene rings is 1. The van der Waals surface area contributed by atoms with Crippen LogP contribution >= 0.6 is 0 Å². The molecule has 1 amide bonds. The summed E-state index contributed by atoms with van der Waals surface area (Å²) in [5.74, 6) is 0.284. The molecule has 5 rings (SSSR count). The first-order valence-electron chi connectivity index (χ1n) is 10.1. The third kappa shape index (κ3) is 3.62. The van der Waals surface area contributed by atoms with Crippen LogP contribution in [0.3, 0.4) is 0 Å². The lowest BCUT2D eigenvalue weighted by atomic mass is 10.1. The molecule has 3 aromatic heterocycles. The number of fused-ring (bicyclic) bond motifs is 1. The van der Waals surface area contributed by atoms with Gasteiger partial charge in [-0.1, -0.05) is 30.3 Å². The van der Waals surface area contributed by atoms with Crippen molar-refractivity contribution in [1.82, 2.24) is 24.5 Å². The zero-order valence-electron chi connectivity index (χ0n) is 17.1. The molecule has 0 spiro atoms. The summed E-state index contributed by atoms with van der Waals surface area (Å²) in [6.07, 6.45) is 4.38. The van der Waals surface area contributed by atoms with Crippen LogP contribution in [0.25, 0.3) is 28.2 Å². The van der Waals surface area contributed by atoms with Gasteiger partial charge in [0.15, 0.2) is 5.65 Å². The highest BCUT2D eigenvalue weighted by Crippen LogP contribution is 2.28. The topological polar surface area (TPSA) is 98.6 Å². The van der Waals surface area contributed by atoms with Gasteiger partial charge >= 0.3 is 0 Å². The lowest BCUT2D eigenvalue weighted by Gasteiger charge is -2.16. The monoisotopic (exact) mass is 414 g/mol. The molecule has 0 unspecified atom stereocenters. The molecule has 1 aliphatic rings. The lowest BCUT2D eigenvalue weighted by Crippen LogP contribution is -2.31.